The topological polar surface area (TPSA) is 63.6 Å². The normalized spacial score (nSPS) is 19.2. The Kier molecular flexibility index (Phi) is 7.60. The van der Waals surface area contributed by atoms with Crippen LogP contribution in [0.4, 0.5) is 8.78 Å². The Morgan fingerprint density at radius 3 is 2.63 bits per heavy atom. The Bertz CT molecular complexity index is 763. The van der Waals surface area contributed by atoms with Gasteiger partial charge >= 0.3 is 5.97 Å². The van der Waals surface area contributed by atoms with Gasteiger partial charge in [-0.15, -0.1) is 0 Å². The molecule has 0 unspecified atom stereocenters. The van der Waals surface area contributed by atoms with Gasteiger partial charge in [0.05, 0.1) is 26.5 Å². The minimum absolute atomic E-state index is 0.0158. The van der Waals surface area contributed by atoms with Crippen molar-refractivity contribution in [3.63, 3.8) is 0 Å². The summed E-state index contributed by atoms with van der Waals surface area (Å²) in [5, 5.41) is 5.71. The fourth-order valence-corrected chi connectivity index (χ4v) is 3.94. The first kappa shape index (κ1) is 22.4. The SMILES string of the molecule is COC(=O)C1(N(C)/N=C\c2ccc(OCCN3CCOCC3)c(F)c2F)CCCC1. The van der Waals surface area contributed by atoms with Gasteiger partial charge in [-0.2, -0.15) is 9.49 Å². The van der Waals surface area contributed by atoms with Crippen molar-refractivity contribution in [3.8, 4) is 5.75 Å². The Labute approximate surface area is 175 Å². The average Bonchev–Trinajstić information content (AvgIpc) is 3.27. The first-order chi connectivity index (χ1) is 14.5. The number of carbonyl (C=O) groups is 1. The highest BCUT2D eigenvalue weighted by Crippen LogP contribution is 2.36. The molecule has 2 aliphatic rings. The van der Waals surface area contributed by atoms with Gasteiger partial charge in [0.15, 0.2) is 17.1 Å². The zero-order chi connectivity index (χ0) is 21.6. The van der Waals surface area contributed by atoms with Crippen LogP contribution in [0.1, 0.15) is 31.2 Å². The van der Waals surface area contributed by atoms with Crippen molar-refractivity contribution in [2.24, 2.45) is 5.10 Å². The number of morpholine rings is 1. The molecule has 2 fully saturated rings. The zero-order valence-corrected chi connectivity index (χ0v) is 17.5. The van der Waals surface area contributed by atoms with Gasteiger partial charge in [-0.1, -0.05) is 12.8 Å². The molecule has 166 valence electrons. The summed E-state index contributed by atoms with van der Waals surface area (Å²) in [6.07, 6.45) is 4.21. The van der Waals surface area contributed by atoms with Crippen molar-refractivity contribution in [1.82, 2.24) is 9.91 Å². The van der Waals surface area contributed by atoms with E-state index in [1.165, 1.54) is 30.5 Å². The highest BCUT2D eigenvalue weighted by atomic mass is 19.2. The van der Waals surface area contributed by atoms with Crippen LogP contribution < -0.4 is 4.74 Å². The van der Waals surface area contributed by atoms with Crippen LogP contribution in [0, 0.1) is 11.6 Å². The van der Waals surface area contributed by atoms with E-state index in [1.807, 2.05) is 0 Å². The predicted molar refractivity (Wildman–Crippen MR) is 108 cm³/mol. The Hall–Kier alpha value is -2.26. The molecule has 1 saturated carbocycles. The monoisotopic (exact) mass is 425 g/mol. The Morgan fingerprint density at radius 2 is 1.97 bits per heavy atom. The maximum absolute atomic E-state index is 14.5. The second kappa shape index (κ2) is 10.2. The minimum Gasteiger partial charge on any atom is -0.489 e. The van der Waals surface area contributed by atoms with E-state index in [0.717, 1.165) is 25.9 Å². The lowest BCUT2D eigenvalue weighted by Gasteiger charge is -2.33. The highest BCUT2D eigenvalue weighted by Gasteiger charge is 2.46. The van der Waals surface area contributed by atoms with E-state index in [2.05, 4.69) is 10.0 Å². The molecular weight excluding hydrogens is 396 g/mol. The molecule has 30 heavy (non-hydrogen) atoms. The molecule has 0 N–H and O–H groups in total. The smallest absolute Gasteiger partial charge is 0.333 e. The molecule has 7 nitrogen and oxygen atoms in total. The number of rotatable bonds is 8. The molecule has 1 aromatic carbocycles. The standard InChI is InChI=1S/C21H29F2N3O4/c1-25(21(20(27)28-2)7-3-4-8-21)24-15-16-5-6-17(19(23)18(16)22)30-14-11-26-9-12-29-13-10-26/h5-6,15H,3-4,7-14H2,1-2H3/b24-15-. The third kappa shape index (κ3) is 4.89. The number of methoxy groups -OCH3 is 1. The Balaban J connectivity index is 1.63. The van der Waals surface area contributed by atoms with Crippen LogP contribution in [-0.4, -0.2) is 81.2 Å². The summed E-state index contributed by atoms with van der Waals surface area (Å²) in [7, 11) is 2.99. The maximum Gasteiger partial charge on any atom is 0.333 e. The van der Waals surface area contributed by atoms with Crippen LogP contribution >= 0.6 is 0 Å². The van der Waals surface area contributed by atoms with E-state index in [0.29, 0.717) is 32.6 Å². The third-order valence-electron chi connectivity index (χ3n) is 5.83. The van der Waals surface area contributed by atoms with E-state index in [-0.39, 0.29) is 23.9 Å². The first-order valence-electron chi connectivity index (χ1n) is 10.2. The summed E-state index contributed by atoms with van der Waals surface area (Å²) in [5.41, 5.74) is -0.874. The second-order valence-electron chi connectivity index (χ2n) is 7.58. The minimum atomic E-state index is -1.05. The van der Waals surface area contributed by atoms with Crippen molar-refractivity contribution in [3.05, 3.63) is 29.3 Å². The van der Waals surface area contributed by atoms with Crippen LogP contribution in [0.5, 0.6) is 5.75 Å². The van der Waals surface area contributed by atoms with Crippen LogP contribution in [-0.2, 0) is 14.3 Å². The second-order valence-corrected chi connectivity index (χ2v) is 7.58. The molecule has 1 aliphatic carbocycles. The van der Waals surface area contributed by atoms with Crippen molar-refractivity contribution in [2.45, 2.75) is 31.2 Å². The summed E-state index contributed by atoms with van der Waals surface area (Å²) in [6, 6.07) is 2.81. The highest BCUT2D eigenvalue weighted by molar-refractivity contribution is 5.83. The summed E-state index contributed by atoms with van der Waals surface area (Å²) in [6.45, 7) is 3.82. The quantitative estimate of drug-likeness (QED) is 0.362. The molecule has 0 spiro atoms. The van der Waals surface area contributed by atoms with Crippen molar-refractivity contribution >= 4 is 12.2 Å². The lowest BCUT2D eigenvalue weighted by Crippen LogP contribution is -2.49. The largest absolute Gasteiger partial charge is 0.489 e. The fourth-order valence-electron chi connectivity index (χ4n) is 3.94. The van der Waals surface area contributed by atoms with Crippen LogP contribution in [0.2, 0.25) is 0 Å². The first-order valence-corrected chi connectivity index (χ1v) is 10.2. The molecule has 0 bridgehead atoms. The van der Waals surface area contributed by atoms with Gasteiger partial charge in [-0.3, -0.25) is 9.91 Å². The zero-order valence-electron chi connectivity index (χ0n) is 17.5. The summed E-state index contributed by atoms with van der Waals surface area (Å²) >= 11 is 0. The van der Waals surface area contributed by atoms with Gasteiger partial charge in [0.2, 0.25) is 5.82 Å². The number of halogens is 2. The van der Waals surface area contributed by atoms with Crippen LogP contribution in [0.3, 0.4) is 0 Å². The molecule has 0 aromatic heterocycles. The molecule has 1 saturated heterocycles. The van der Waals surface area contributed by atoms with Gasteiger partial charge in [-0.05, 0) is 25.0 Å². The van der Waals surface area contributed by atoms with E-state index < -0.39 is 17.2 Å². The van der Waals surface area contributed by atoms with Gasteiger partial charge in [-0.25, -0.2) is 9.18 Å². The molecule has 9 heteroatoms. The molecule has 1 aliphatic heterocycles. The van der Waals surface area contributed by atoms with E-state index in [9.17, 15) is 13.6 Å². The lowest BCUT2D eigenvalue weighted by atomic mass is 9.97. The summed E-state index contributed by atoms with van der Waals surface area (Å²) < 4.78 is 44.6. The number of hydrogen-bond acceptors (Lipinski definition) is 7. The van der Waals surface area contributed by atoms with Gasteiger partial charge < -0.3 is 14.2 Å². The van der Waals surface area contributed by atoms with E-state index in [1.54, 1.807) is 7.05 Å². The number of esters is 1. The molecule has 1 heterocycles. The van der Waals surface area contributed by atoms with Gasteiger partial charge in [0.1, 0.15) is 6.61 Å². The number of carbonyl (C=O) groups excluding carboxylic acids is 1. The summed E-state index contributed by atoms with van der Waals surface area (Å²) in [4.78, 5) is 14.4. The van der Waals surface area contributed by atoms with Gasteiger partial charge in [0, 0.05) is 32.2 Å². The number of benzene rings is 1. The number of ether oxygens (including phenoxy) is 3. The van der Waals surface area contributed by atoms with Crippen molar-refractivity contribution < 1.29 is 27.8 Å². The van der Waals surface area contributed by atoms with Crippen LogP contribution in [0.15, 0.2) is 17.2 Å². The number of nitrogens with zero attached hydrogens (tertiary/aromatic N) is 3. The average molecular weight is 425 g/mol. The van der Waals surface area contributed by atoms with Gasteiger partial charge in [0.25, 0.3) is 0 Å². The number of likely N-dealkylation sites (N-methyl/N-ethyl adjacent to an activating group) is 1. The van der Waals surface area contributed by atoms with E-state index >= 15 is 0 Å². The maximum atomic E-state index is 14.5. The third-order valence-corrected chi connectivity index (χ3v) is 5.83. The lowest BCUT2D eigenvalue weighted by molar-refractivity contribution is -0.154. The van der Waals surface area contributed by atoms with Crippen molar-refractivity contribution in [2.75, 3.05) is 53.6 Å². The number of hydrogen-bond donors (Lipinski definition) is 0. The Morgan fingerprint density at radius 1 is 1.27 bits per heavy atom. The van der Waals surface area contributed by atoms with E-state index in [4.69, 9.17) is 14.2 Å². The van der Waals surface area contributed by atoms with Crippen molar-refractivity contribution in [1.29, 1.82) is 0 Å². The molecule has 1 aromatic rings. The molecule has 3 rings (SSSR count). The molecule has 0 atom stereocenters. The number of hydrazone groups is 1. The van der Waals surface area contributed by atoms with Crippen LogP contribution in [0.25, 0.3) is 0 Å². The predicted octanol–water partition coefficient (Wildman–Crippen LogP) is 2.43. The molecule has 0 radical (unpaired) electrons. The molecular formula is C21H29F2N3O4. The fraction of sp³-hybridized carbons (Fsp3) is 0.619. The molecule has 0 amide bonds. The summed E-state index contributed by atoms with van der Waals surface area (Å²) in [5.74, 6) is -2.58.